The zero-order valence-corrected chi connectivity index (χ0v) is 26.7. The van der Waals surface area contributed by atoms with Gasteiger partial charge in [0.25, 0.3) is 11.5 Å². The lowest BCUT2D eigenvalue weighted by Gasteiger charge is -2.33. The molecule has 230 valence electrons. The summed E-state index contributed by atoms with van der Waals surface area (Å²) in [4.78, 5) is 30.8. The van der Waals surface area contributed by atoms with Crippen molar-refractivity contribution in [2.45, 2.75) is 77.7 Å². The lowest BCUT2D eigenvalue weighted by molar-refractivity contribution is 0.00812. The minimum atomic E-state index is -0.532. The van der Waals surface area contributed by atoms with Crippen molar-refractivity contribution < 1.29 is 9.90 Å². The predicted molar refractivity (Wildman–Crippen MR) is 179 cm³/mol. The van der Waals surface area contributed by atoms with Crippen LogP contribution in [0.3, 0.4) is 0 Å². The van der Waals surface area contributed by atoms with Crippen molar-refractivity contribution >= 4 is 23.1 Å². The molecule has 0 spiro atoms. The van der Waals surface area contributed by atoms with E-state index in [1.165, 1.54) is 5.56 Å². The Kier molecular flexibility index (Phi) is 8.80. The second kappa shape index (κ2) is 12.4. The van der Waals surface area contributed by atoms with Crippen molar-refractivity contribution in [3.05, 3.63) is 106 Å². The number of nitrogens with one attached hydrogen (secondary N) is 2. The Bertz CT molecular complexity index is 1690. The fraction of sp³-hybridized carbons (Fsp3) is 0.378. The summed E-state index contributed by atoms with van der Waals surface area (Å²) in [6.07, 6.45) is 8.33. The second-order valence-corrected chi connectivity index (χ2v) is 13.6. The van der Waals surface area contributed by atoms with Crippen molar-refractivity contribution in [1.29, 1.82) is 0 Å². The monoisotopic (exact) mass is 592 g/mol. The van der Waals surface area contributed by atoms with Crippen LogP contribution in [0.25, 0.3) is 11.1 Å². The van der Waals surface area contributed by atoms with E-state index in [0.29, 0.717) is 23.0 Å². The number of aliphatic hydroxyl groups is 1. The van der Waals surface area contributed by atoms with Crippen LogP contribution in [0.5, 0.6) is 0 Å². The third-order valence-corrected chi connectivity index (χ3v) is 8.88. The molecule has 0 radical (unpaired) electrons. The van der Waals surface area contributed by atoms with Gasteiger partial charge >= 0.3 is 0 Å². The Hall–Kier alpha value is -4.23. The molecule has 4 aromatic rings. The normalized spacial score (nSPS) is 18.6. The number of amides is 1. The van der Waals surface area contributed by atoms with E-state index in [-0.39, 0.29) is 16.9 Å². The van der Waals surface area contributed by atoms with E-state index >= 15 is 0 Å². The SMILES string of the molecule is Cc1c(NC(=O)c2ccc(C(C)(C)C)cc2)cccc1-c1cc(Nc2ccc(CC3CCC(C)(O)CC3)cn2)c(=O)n(C)c1. The number of nitrogens with zero attached hydrogens (tertiary/aromatic N) is 2. The van der Waals surface area contributed by atoms with Gasteiger partial charge in [-0.2, -0.15) is 0 Å². The molecule has 0 saturated heterocycles. The summed E-state index contributed by atoms with van der Waals surface area (Å²) in [5.74, 6) is 0.987. The Morgan fingerprint density at radius 2 is 1.75 bits per heavy atom. The maximum Gasteiger partial charge on any atom is 0.274 e. The molecule has 0 aliphatic heterocycles. The largest absolute Gasteiger partial charge is 0.390 e. The first-order valence-electron chi connectivity index (χ1n) is 15.5. The molecule has 1 aliphatic rings. The molecule has 7 nitrogen and oxygen atoms in total. The van der Waals surface area contributed by atoms with Crippen LogP contribution in [-0.4, -0.2) is 26.2 Å². The van der Waals surface area contributed by atoms with E-state index in [1.807, 2.05) is 80.8 Å². The van der Waals surface area contributed by atoms with Crippen molar-refractivity contribution in [3.8, 4) is 11.1 Å². The van der Waals surface area contributed by atoms with Gasteiger partial charge in [0.2, 0.25) is 0 Å². The second-order valence-electron chi connectivity index (χ2n) is 13.6. The number of hydrogen-bond donors (Lipinski definition) is 3. The Balaban J connectivity index is 1.32. The van der Waals surface area contributed by atoms with Gasteiger partial charge in [-0.3, -0.25) is 9.59 Å². The first kappa shape index (κ1) is 31.2. The van der Waals surface area contributed by atoms with E-state index in [4.69, 9.17) is 0 Å². The highest BCUT2D eigenvalue weighted by Crippen LogP contribution is 2.34. The average Bonchev–Trinajstić information content (AvgIpc) is 2.98. The lowest BCUT2D eigenvalue weighted by Crippen LogP contribution is -2.30. The lowest BCUT2D eigenvalue weighted by atomic mass is 9.78. The van der Waals surface area contributed by atoms with Crippen molar-refractivity contribution in [2.24, 2.45) is 13.0 Å². The molecule has 1 saturated carbocycles. The zero-order chi connectivity index (χ0) is 31.6. The van der Waals surface area contributed by atoms with Crippen LogP contribution in [0.15, 0.2) is 77.9 Å². The molecular weight excluding hydrogens is 548 g/mol. The van der Waals surface area contributed by atoms with E-state index in [1.54, 1.807) is 11.6 Å². The highest BCUT2D eigenvalue weighted by Gasteiger charge is 2.28. The number of carbonyl (C=O) groups is 1. The average molecular weight is 593 g/mol. The maximum absolute atomic E-state index is 13.1. The minimum absolute atomic E-state index is 0.0162. The third kappa shape index (κ3) is 7.28. The number of anilines is 3. The zero-order valence-electron chi connectivity index (χ0n) is 26.7. The van der Waals surface area contributed by atoms with Crippen LogP contribution in [-0.2, 0) is 18.9 Å². The van der Waals surface area contributed by atoms with E-state index in [2.05, 4.69) is 42.5 Å². The Morgan fingerprint density at radius 3 is 2.39 bits per heavy atom. The molecule has 2 aromatic carbocycles. The molecule has 2 heterocycles. The number of carbonyl (C=O) groups excluding carboxylic acids is 1. The summed E-state index contributed by atoms with van der Waals surface area (Å²) in [5, 5.41) is 16.5. The molecule has 1 aliphatic carbocycles. The molecule has 7 heteroatoms. The smallest absolute Gasteiger partial charge is 0.274 e. The van der Waals surface area contributed by atoms with E-state index in [0.717, 1.165) is 60.0 Å². The Labute approximate surface area is 260 Å². The van der Waals surface area contributed by atoms with Gasteiger partial charge in [0, 0.05) is 36.3 Å². The molecule has 1 fully saturated rings. The van der Waals surface area contributed by atoms with Crippen LogP contribution in [0, 0.1) is 12.8 Å². The van der Waals surface area contributed by atoms with E-state index in [9.17, 15) is 14.7 Å². The molecule has 44 heavy (non-hydrogen) atoms. The summed E-state index contributed by atoms with van der Waals surface area (Å²) in [6.45, 7) is 10.3. The first-order chi connectivity index (χ1) is 20.8. The number of aryl methyl sites for hydroxylation is 1. The number of rotatable bonds is 7. The van der Waals surface area contributed by atoms with E-state index < -0.39 is 5.60 Å². The number of aromatic nitrogens is 2. The molecule has 2 aromatic heterocycles. The van der Waals surface area contributed by atoms with Crippen molar-refractivity contribution in [1.82, 2.24) is 9.55 Å². The molecule has 0 bridgehead atoms. The fourth-order valence-electron chi connectivity index (χ4n) is 5.94. The summed E-state index contributed by atoms with van der Waals surface area (Å²) < 4.78 is 1.56. The first-order valence-corrected chi connectivity index (χ1v) is 15.5. The summed E-state index contributed by atoms with van der Waals surface area (Å²) in [6, 6.07) is 19.3. The maximum atomic E-state index is 13.1. The van der Waals surface area contributed by atoms with Gasteiger partial charge in [0.05, 0.1) is 5.60 Å². The summed E-state index contributed by atoms with van der Waals surface area (Å²) in [5.41, 5.74) is 6.07. The number of pyridine rings is 2. The summed E-state index contributed by atoms with van der Waals surface area (Å²) >= 11 is 0. The molecule has 0 unspecified atom stereocenters. The standard InChI is InChI=1S/C37H44N4O3/c1-24-30(8-7-9-31(24)40-34(42)27-11-13-29(14-12-27)36(2,3)4)28-21-32(35(43)41(6)23-28)39-33-15-10-26(22-38-33)20-25-16-18-37(5,44)19-17-25/h7-15,21-23,25,44H,16-20H2,1-6H3,(H,38,39)(H,40,42). The van der Waals surface area contributed by atoms with Gasteiger partial charge in [-0.1, -0.05) is 51.1 Å². The Morgan fingerprint density at radius 1 is 1.05 bits per heavy atom. The minimum Gasteiger partial charge on any atom is -0.390 e. The number of hydrogen-bond acceptors (Lipinski definition) is 5. The third-order valence-electron chi connectivity index (χ3n) is 8.88. The van der Waals surface area contributed by atoms with Gasteiger partial charge in [-0.05, 0) is 110 Å². The van der Waals surface area contributed by atoms with Gasteiger partial charge in [0.15, 0.2) is 0 Å². The quantitative estimate of drug-likeness (QED) is 0.206. The molecule has 1 amide bonds. The van der Waals surface area contributed by atoms with Crippen LogP contribution in [0.4, 0.5) is 17.2 Å². The van der Waals surface area contributed by atoms with Gasteiger partial charge in [-0.15, -0.1) is 0 Å². The molecular formula is C37H44N4O3. The highest BCUT2D eigenvalue weighted by atomic mass is 16.3. The van der Waals surface area contributed by atoms with Crippen LogP contribution in [0.2, 0.25) is 0 Å². The van der Waals surface area contributed by atoms with Crippen LogP contribution < -0.4 is 16.2 Å². The number of benzene rings is 2. The molecule has 5 rings (SSSR count). The topological polar surface area (TPSA) is 96.2 Å². The van der Waals surface area contributed by atoms with Gasteiger partial charge < -0.3 is 20.3 Å². The van der Waals surface area contributed by atoms with Gasteiger partial charge in [0.1, 0.15) is 11.5 Å². The highest BCUT2D eigenvalue weighted by molar-refractivity contribution is 6.05. The predicted octanol–water partition coefficient (Wildman–Crippen LogP) is 7.53. The fourth-order valence-corrected chi connectivity index (χ4v) is 5.94. The summed E-state index contributed by atoms with van der Waals surface area (Å²) in [7, 11) is 1.73. The van der Waals surface area contributed by atoms with Crippen LogP contribution >= 0.6 is 0 Å². The van der Waals surface area contributed by atoms with Crippen molar-refractivity contribution in [3.63, 3.8) is 0 Å². The van der Waals surface area contributed by atoms with Crippen molar-refractivity contribution in [2.75, 3.05) is 10.6 Å². The van der Waals surface area contributed by atoms with Crippen LogP contribution in [0.1, 0.15) is 80.4 Å². The molecule has 3 N–H and O–H groups in total. The molecule has 0 atom stereocenters. The van der Waals surface area contributed by atoms with Gasteiger partial charge in [-0.25, -0.2) is 4.98 Å².